The van der Waals surface area contributed by atoms with Crippen LogP contribution < -0.4 is 10.2 Å². The highest BCUT2D eigenvalue weighted by atomic mass is 19.1. The minimum atomic E-state index is -0.761. The highest BCUT2D eigenvalue weighted by molar-refractivity contribution is 5.95. The molecular formula is C25H27FN4O4. The minimum Gasteiger partial charge on any atom is -0.465 e. The van der Waals surface area contributed by atoms with Gasteiger partial charge in [0.1, 0.15) is 5.82 Å². The Labute approximate surface area is 197 Å². The molecule has 1 fully saturated rings. The Morgan fingerprint density at radius 3 is 2.71 bits per heavy atom. The van der Waals surface area contributed by atoms with Crippen molar-refractivity contribution < 1.29 is 23.2 Å². The molecule has 2 aromatic carbocycles. The molecule has 1 aromatic heterocycles. The third-order valence-corrected chi connectivity index (χ3v) is 6.01. The maximum Gasteiger partial charge on any atom is 0.340 e. The predicted octanol–water partition coefficient (Wildman–Crippen LogP) is 5.06. The molecule has 0 bridgehead atoms. The first-order valence-electron chi connectivity index (χ1n) is 11.3. The lowest BCUT2D eigenvalue weighted by Crippen LogP contribution is -2.38. The number of hydrogen-bond donors (Lipinski definition) is 1. The number of rotatable bonds is 6. The zero-order chi connectivity index (χ0) is 24.2. The van der Waals surface area contributed by atoms with Crippen molar-refractivity contribution in [2.45, 2.75) is 45.6 Å². The molecule has 1 unspecified atom stereocenters. The van der Waals surface area contributed by atoms with Gasteiger partial charge in [0.15, 0.2) is 0 Å². The molecule has 2 heterocycles. The number of carbonyl (C=O) groups is 2. The number of piperidine rings is 1. The van der Waals surface area contributed by atoms with E-state index in [-0.39, 0.29) is 23.2 Å². The SMILES string of the molecule is CCC(=O)Nc1cc(-c2nc(-c3ccc(C(=O)OC)c(F)c3)no2)ccc1N1CCCCC1C. The fraction of sp³-hybridized carbons (Fsp3) is 0.360. The number of halogens is 1. The van der Waals surface area contributed by atoms with Crippen LogP contribution in [0.2, 0.25) is 0 Å². The summed E-state index contributed by atoms with van der Waals surface area (Å²) in [6.45, 7) is 4.91. The summed E-state index contributed by atoms with van der Waals surface area (Å²) in [5.41, 5.74) is 2.46. The van der Waals surface area contributed by atoms with Crippen molar-refractivity contribution in [2.75, 3.05) is 23.9 Å². The Bertz CT molecular complexity index is 1210. The average molecular weight is 467 g/mol. The molecule has 178 valence electrons. The van der Waals surface area contributed by atoms with Crippen LogP contribution in [0.25, 0.3) is 22.8 Å². The van der Waals surface area contributed by atoms with Gasteiger partial charge in [-0.3, -0.25) is 4.79 Å². The number of anilines is 2. The summed E-state index contributed by atoms with van der Waals surface area (Å²) in [6.07, 6.45) is 3.75. The summed E-state index contributed by atoms with van der Waals surface area (Å²) in [4.78, 5) is 30.5. The zero-order valence-corrected chi connectivity index (χ0v) is 19.4. The van der Waals surface area contributed by atoms with Gasteiger partial charge in [-0.15, -0.1) is 0 Å². The first-order valence-corrected chi connectivity index (χ1v) is 11.3. The Morgan fingerprint density at radius 1 is 1.21 bits per heavy atom. The van der Waals surface area contributed by atoms with E-state index in [1.165, 1.54) is 25.7 Å². The Hall–Kier alpha value is -3.75. The predicted molar refractivity (Wildman–Crippen MR) is 126 cm³/mol. The van der Waals surface area contributed by atoms with Crippen LogP contribution in [0.3, 0.4) is 0 Å². The van der Waals surface area contributed by atoms with Crippen LogP contribution in [0.5, 0.6) is 0 Å². The van der Waals surface area contributed by atoms with E-state index in [0.29, 0.717) is 29.3 Å². The lowest BCUT2D eigenvalue weighted by molar-refractivity contribution is -0.115. The van der Waals surface area contributed by atoms with Gasteiger partial charge >= 0.3 is 5.97 Å². The summed E-state index contributed by atoms with van der Waals surface area (Å²) in [6, 6.07) is 10.0. The summed E-state index contributed by atoms with van der Waals surface area (Å²) >= 11 is 0. The average Bonchev–Trinajstić information content (AvgIpc) is 3.34. The molecule has 8 nitrogen and oxygen atoms in total. The normalized spacial score (nSPS) is 15.8. The maximum absolute atomic E-state index is 14.3. The Kier molecular flexibility index (Phi) is 6.90. The summed E-state index contributed by atoms with van der Waals surface area (Å²) in [5.74, 6) is -1.17. The summed E-state index contributed by atoms with van der Waals surface area (Å²) in [7, 11) is 1.19. The molecular weight excluding hydrogens is 439 g/mol. The van der Waals surface area contributed by atoms with Gasteiger partial charge in [-0.2, -0.15) is 4.98 Å². The van der Waals surface area contributed by atoms with Crippen LogP contribution in [-0.4, -0.2) is 41.7 Å². The van der Waals surface area contributed by atoms with Gasteiger partial charge in [0.25, 0.3) is 5.89 Å². The molecule has 0 radical (unpaired) electrons. The second-order valence-corrected chi connectivity index (χ2v) is 8.28. The second kappa shape index (κ2) is 10.0. The number of hydrogen-bond acceptors (Lipinski definition) is 7. The molecule has 1 N–H and O–H groups in total. The molecule has 34 heavy (non-hydrogen) atoms. The number of amides is 1. The number of nitrogens with one attached hydrogen (secondary N) is 1. The van der Waals surface area contributed by atoms with Gasteiger partial charge in [-0.25, -0.2) is 9.18 Å². The van der Waals surface area contributed by atoms with Crippen LogP contribution in [0.15, 0.2) is 40.9 Å². The van der Waals surface area contributed by atoms with Gasteiger partial charge < -0.3 is 19.5 Å². The molecule has 0 spiro atoms. The lowest BCUT2D eigenvalue weighted by Gasteiger charge is -2.36. The molecule has 1 aliphatic heterocycles. The summed E-state index contributed by atoms with van der Waals surface area (Å²) in [5, 5.41) is 6.96. The number of carbonyl (C=O) groups excluding carboxylic acids is 2. The van der Waals surface area contributed by atoms with E-state index in [1.54, 1.807) is 6.92 Å². The molecule has 1 atom stereocenters. The van der Waals surface area contributed by atoms with E-state index < -0.39 is 11.8 Å². The fourth-order valence-electron chi connectivity index (χ4n) is 4.10. The summed E-state index contributed by atoms with van der Waals surface area (Å²) < 4.78 is 24.3. The third-order valence-electron chi connectivity index (χ3n) is 6.01. The lowest BCUT2D eigenvalue weighted by atomic mass is 10.0. The number of benzene rings is 2. The largest absolute Gasteiger partial charge is 0.465 e. The number of aromatic nitrogens is 2. The quantitative estimate of drug-likeness (QED) is 0.507. The van der Waals surface area contributed by atoms with Gasteiger partial charge in [0.05, 0.1) is 24.0 Å². The van der Waals surface area contributed by atoms with E-state index in [1.807, 2.05) is 18.2 Å². The number of methoxy groups -OCH3 is 1. The Morgan fingerprint density at radius 2 is 2.00 bits per heavy atom. The van der Waals surface area contributed by atoms with E-state index in [2.05, 4.69) is 32.0 Å². The first kappa shape index (κ1) is 23.4. The number of nitrogens with zero attached hydrogens (tertiary/aromatic N) is 3. The van der Waals surface area contributed by atoms with Crippen molar-refractivity contribution in [3.8, 4) is 22.8 Å². The van der Waals surface area contributed by atoms with Crippen molar-refractivity contribution in [1.82, 2.24) is 10.1 Å². The maximum atomic E-state index is 14.3. The van der Waals surface area contributed by atoms with Crippen molar-refractivity contribution in [1.29, 1.82) is 0 Å². The highest BCUT2D eigenvalue weighted by Gasteiger charge is 2.23. The molecule has 0 saturated carbocycles. The number of ether oxygens (including phenoxy) is 1. The van der Waals surface area contributed by atoms with Gasteiger partial charge in [0.2, 0.25) is 11.7 Å². The van der Waals surface area contributed by atoms with E-state index in [4.69, 9.17) is 4.52 Å². The van der Waals surface area contributed by atoms with Crippen molar-refractivity contribution >= 4 is 23.3 Å². The molecule has 9 heteroatoms. The standard InChI is InChI=1S/C25H27FN4O4/c1-4-22(31)27-20-14-17(9-11-21(20)30-12-6-5-7-15(30)2)24-28-23(29-34-24)16-8-10-18(19(26)13-16)25(32)33-3/h8-11,13-15H,4-7,12H2,1-3H3,(H,27,31). The first-order chi connectivity index (χ1) is 16.4. The van der Waals surface area contributed by atoms with Gasteiger partial charge in [0, 0.05) is 30.1 Å². The molecule has 3 aromatic rings. The van der Waals surface area contributed by atoms with Crippen LogP contribution in [0.4, 0.5) is 15.8 Å². The monoisotopic (exact) mass is 466 g/mol. The van der Waals surface area contributed by atoms with Gasteiger partial charge in [-0.05, 0) is 62.6 Å². The molecule has 0 aliphatic carbocycles. The highest BCUT2D eigenvalue weighted by Crippen LogP contribution is 2.35. The topological polar surface area (TPSA) is 97.6 Å². The molecule has 1 amide bonds. The van der Waals surface area contributed by atoms with Crippen molar-refractivity contribution in [3.05, 3.63) is 47.8 Å². The van der Waals surface area contributed by atoms with Gasteiger partial charge in [-0.1, -0.05) is 12.1 Å². The van der Waals surface area contributed by atoms with Crippen LogP contribution in [0, 0.1) is 5.82 Å². The van der Waals surface area contributed by atoms with Crippen LogP contribution in [0.1, 0.15) is 49.9 Å². The van der Waals surface area contributed by atoms with Crippen LogP contribution >= 0.6 is 0 Å². The van der Waals surface area contributed by atoms with Crippen LogP contribution in [-0.2, 0) is 9.53 Å². The minimum absolute atomic E-state index is 0.0875. The van der Waals surface area contributed by atoms with E-state index >= 15 is 0 Å². The number of esters is 1. The smallest absolute Gasteiger partial charge is 0.340 e. The van der Waals surface area contributed by atoms with E-state index in [0.717, 1.165) is 31.1 Å². The third kappa shape index (κ3) is 4.78. The fourth-order valence-corrected chi connectivity index (χ4v) is 4.10. The zero-order valence-electron chi connectivity index (χ0n) is 19.4. The van der Waals surface area contributed by atoms with E-state index in [9.17, 15) is 14.0 Å². The Balaban J connectivity index is 1.66. The molecule has 1 saturated heterocycles. The second-order valence-electron chi connectivity index (χ2n) is 8.28. The molecule has 4 rings (SSSR count). The van der Waals surface area contributed by atoms with Crippen molar-refractivity contribution in [2.24, 2.45) is 0 Å². The molecule has 1 aliphatic rings. The van der Waals surface area contributed by atoms with Crippen molar-refractivity contribution in [3.63, 3.8) is 0 Å².